The molecule has 340 valence electrons. The maximum Gasteiger partial charge on any atom is 0.306 e. The Morgan fingerprint density at radius 1 is 0.552 bits per heavy atom. The first-order chi connectivity index (χ1) is 28.4. The van der Waals surface area contributed by atoms with Crippen LogP contribution in [0.15, 0.2) is 38.2 Å². The number of carbonyl (C=O) groups excluding carboxylic acids is 3. The highest BCUT2D eigenvalue weighted by Crippen LogP contribution is 2.18. The molecule has 0 heterocycles. The Labute approximate surface area is 359 Å². The van der Waals surface area contributed by atoms with E-state index in [2.05, 4.69) is 50.7 Å². The van der Waals surface area contributed by atoms with E-state index in [1.165, 1.54) is 102 Å². The number of ether oxygens (including phenoxy) is 2. The minimum absolute atomic E-state index is 0.00250. The molecular weight excluding hydrogens is 723 g/mol. The molecule has 0 fully saturated rings. The number of amides is 1. The summed E-state index contributed by atoms with van der Waals surface area (Å²) in [4.78, 5) is 41.1. The average Bonchev–Trinajstić information content (AvgIpc) is 3.23. The largest absolute Gasteiger partial charge is 0.466 e. The van der Waals surface area contributed by atoms with E-state index in [0.717, 1.165) is 116 Å². The van der Waals surface area contributed by atoms with Gasteiger partial charge in [0.05, 0.1) is 6.61 Å². The summed E-state index contributed by atoms with van der Waals surface area (Å²) in [6.07, 6.45) is 40.0. The van der Waals surface area contributed by atoms with Crippen LogP contribution >= 0.6 is 0 Å². The van der Waals surface area contributed by atoms with Crippen LogP contribution < -0.4 is 5.32 Å². The van der Waals surface area contributed by atoms with Gasteiger partial charge in [0, 0.05) is 38.7 Å². The second kappa shape index (κ2) is 47.1. The Morgan fingerprint density at radius 2 is 0.983 bits per heavy atom. The van der Waals surface area contributed by atoms with E-state index >= 15 is 0 Å². The molecule has 0 saturated carbocycles. The molecule has 0 spiro atoms. The number of esters is 2. The summed E-state index contributed by atoms with van der Waals surface area (Å²) in [7, 11) is 1.63. The quantitative estimate of drug-likeness (QED) is 0.0284. The van der Waals surface area contributed by atoms with Gasteiger partial charge >= 0.3 is 11.9 Å². The van der Waals surface area contributed by atoms with Gasteiger partial charge in [0.15, 0.2) is 0 Å². The molecule has 0 radical (unpaired) electrons. The summed E-state index contributed by atoms with van der Waals surface area (Å²) in [5.41, 5.74) is 0. The maximum atomic E-state index is 12.7. The van der Waals surface area contributed by atoms with E-state index in [4.69, 9.17) is 9.47 Å². The molecule has 0 aromatic carbocycles. The minimum atomic E-state index is -0.120. The molecule has 0 bridgehead atoms. The summed E-state index contributed by atoms with van der Waals surface area (Å²) in [5, 5.41) is 2.62. The van der Waals surface area contributed by atoms with Crippen LogP contribution in [-0.4, -0.2) is 73.6 Å². The first kappa shape index (κ1) is 57.5. The van der Waals surface area contributed by atoms with Crippen molar-refractivity contribution >= 4 is 17.8 Å². The first-order valence-corrected chi connectivity index (χ1v) is 24.3. The average molecular weight is 818 g/mol. The highest BCUT2D eigenvalue weighted by atomic mass is 16.5. The Bertz CT molecular complexity index is 958. The predicted octanol–water partition coefficient (Wildman–Crippen LogP) is 13.4. The predicted molar refractivity (Wildman–Crippen MR) is 249 cm³/mol. The first-order valence-electron chi connectivity index (χ1n) is 24.3. The van der Waals surface area contributed by atoms with Gasteiger partial charge in [0.2, 0.25) is 5.91 Å². The van der Waals surface area contributed by atoms with E-state index in [0.29, 0.717) is 19.4 Å². The molecule has 1 atom stereocenters. The van der Waals surface area contributed by atoms with Gasteiger partial charge in [-0.15, -0.1) is 13.2 Å². The molecule has 0 aliphatic heterocycles. The van der Waals surface area contributed by atoms with Crippen LogP contribution in [0, 0.1) is 0 Å². The van der Waals surface area contributed by atoms with Crippen LogP contribution in [0.4, 0.5) is 0 Å². The van der Waals surface area contributed by atoms with Crippen LogP contribution in [-0.2, 0) is 23.9 Å². The fourth-order valence-electron chi connectivity index (χ4n) is 7.15. The molecule has 0 rings (SSSR count). The van der Waals surface area contributed by atoms with Crippen molar-refractivity contribution in [2.24, 2.45) is 0 Å². The highest BCUT2D eigenvalue weighted by Gasteiger charge is 2.14. The van der Waals surface area contributed by atoms with Crippen molar-refractivity contribution in [1.29, 1.82) is 0 Å². The zero-order chi connectivity index (χ0) is 43.2. The summed E-state index contributed by atoms with van der Waals surface area (Å²) >= 11 is 0. The monoisotopic (exact) mass is 818 g/mol. The van der Waals surface area contributed by atoms with Crippen molar-refractivity contribution in [1.82, 2.24) is 15.1 Å². The van der Waals surface area contributed by atoms with Crippen LogP contribution in [0.25, 0.3) is 0 Å². The van der Waals surface area contributed by atoms with Crippen LogP contribution in [0.5, 0.6) is 0 Å². The van der Waals surface area contributed by atoms with Gasteiger partial charge in [-0.1, -0.05) is 149 Å². The second-order valence-electron chi connectivity index (χ2n) is 16.1. The summed E-state index contributed by atoms with van der Waals surface area (Å²) < 4.78 is 11.5. The summed E-state index contributed by atoms with van der Waals surface area (Å²) in [6, 6.07) is 0. The van der Waals surface area contributed by atoms with Crippen molar-refractivity contribution in [3.63, 3.8) is 0 Å². The number of nitrogens with one attached hydrogen (secondary N) is 1. The molecule has 8 heteroatoms. The lowest BCUT2D eigenvalue weighted by Gasteiger charge is -2.24. The standard InChI is InChI=1S/C48H91N3O5.C2H4/c1-6-10-13-16-17-25-32-44-55-47(53)36-28-21-18-23-30-39-51(42-33-41-50(9-4)43-38-46(52)49-5)40-31-24-19-22-29-37-48(54)56-45(34-26-15-12-8-3)35-27-20-14-11-7-2;1-2/h9,38,43,45H,4,6-8,10-37,39-42,44H2,1-3,5H3,(H,49,52);1-2H2/b43-38-;. The Morgan fingerprint density at radius 3 is 1.50 bits per heavy atom. The lowest BCUT2D eigenvalue weighted by atomic mass is 10.0. The van der Waals surface area contributed by atoms with Gasteiger partial charge in [0.25, 0.3) is 0 Å². The molecule has 8 nitrogen and oxygen atoms in total. The van der Waals surface area contributed by atoms with E-state index < -0.39 is 0 Å². The van der Waals surface area contributed by atoms with Crippen molar-refractivity contribution in [3.8, 4) is 0 Å². The third kappa shape index (κ3) is 41.5. The van der Waals surface area contributed by atoms with Crippen LogP contribution in [0.3, 0.4) is 0 Å². The van der Waals surface area contributed by atoms with Crippen LogP contribution in [0.1, 0.15) is 220 Å². The Kier molecular flexibility index (Phi) is 46.7. The number of likely N-dealkylation sites (N-methyl/N-ethyl adjacent to an activating group) is 1. The maximum absolute atomic E-state index is 12.7. The topological polar surface area (TPSA) is 88.2 Å². The SMILES string of the molecule is C=C.C=CN(/C=C\C(=O)NC)CCCN(CCCCCCCC(=O)OCCCCCCCCC)CCCCCCCC(=O)OC(CCCCCC)CCCCCCC. The second-order valence-corrected chi connectivity index (χ2v) is 16.1. The highest BCUT2D eigenvalue weighted by molar-refractivity contribution is 5.87. The number of rotatable bonds is 43. The number of unbranched alkanes of at least 4 members (excludes halogenated alkanes) is 21. The molecule has 0 aliphatic rings. The molecule has 0 aliphatic carbocycles. The van der Waals surface area contributed by atoms with Gasteiger partial charge in [-0.3, -0.25) is 14.4 Å². The van der Waals surface area contributed by atoms with E-state index in [1.807, 2.05) is 4.90 Å². The summed E-state index contributed by atoms with van der Waals surface area (Å²) in [6.45, 7) is 21.2. The van der Waals surface area contributed by atoms with Gasteiger partial charge < -0.3 is 24.6 Å². The van der Waals surface area contributed by atoms with Crippen molar-refractivity contribution in [3.05, 3.63) is 38.2 Å². The molecule has 0 saturated heterocycles. The van der Waals surface area contributed by atoms with Gasteiger partial charge in [-0.2, -0.15) is 0 Å². The van der Waals surface area contributed by atoms with Gasteiger partial charge in [0.1, 0.15) is 6.10 Å². The van der Waals surface area contributed by atoms with Gasteiger partial charge in [-0.05, 0) is 90.0 Å². The van der Waals surface area contributed by atoms with Crippen LogP contribution in [0.2, 0.25) is 0 Å². The number of nitrogens with zero attached hydrogens (tertiary/aromatic N) is 2. The minimum Gasteiger partial charge on any atom is -0.466 e. The lowest BCUT2D eigenvalue weighted by Crippen LogP contribution is -2.29. The fraction of sp³-hybridized carbons (Fsp3) is 0.820. The Balaban J connectivity index is 0. The molecule has 58 heavy (non-hydrogen) atoms. The molecule has 1 amide bonds. The smallest absolute Gasteiger partial charge is 0.306 e. The lowest BCUT2D eigenvalue weighted by molar-refractivity contribution is -0.150. The third-order valence-corrected chi connectivity index (χ3v) is 10.8. The normalized spacial score (nSPS) is 11.6. The molecular formula is C50H95N3O5. The third-order valence-electron chi connectivity index (χ3n) is 10.8. The van der Waals surface area contributed by atoms with E-state index in [1.54, 1.807) is 19.4 Å². The molecule has 0 aromatic rings. The molecule has 1 N–H and O–H groups in total. The fourth-order valence-corrected chi connectivity index (χ4v) is 7.15. The number of hydrogen-bond acceptors (Lipinski definition) is 7. The molecule has 1 unspecified atom stereocenters. The van der Waals surface area contributed by atoms with Crippen molar-refractivity contribution < 1.29 is 23.9 Å². The van der Waals surface area contributed by atoms with Crippen molar-refractivity contribution in [2.75, 3.05) is 39.8 Å². The Hall–Kier alpha value is -2.61. The van der Waals surface area contributed by atoms with Gasteiger partial charge in [-0.25, -0.2) is 0 Å². The number of carbonyl (C=O) groups is 3. The zero-order valence-electron chi connectivity index (χ0n) is 38.8. The van der Waals surface area contributed by atoms with E-state index in [9.17, 15) is 14.4 Å². The number of hydrogen-bond donors (Lipinski definition) is 1. The molecule has 0 aromatic heterocycles. The zero-order valence-corrected chi connectivity index (χ0v) is 38.8. The summed E-state index contributed by atoms with van der Waals surface area (Å²) in [5.74, 6) is -0.153. The van der Waals surface area contributed by atoms with E-state index in [-0.39, 0.29) is 23.9 Å². The van der Waals surface area contributed by atoms with Crippen molar-refractivity contribution in [2.45, 2.75) is 226 Å².